The summed E-state index contributed by atoms with van der Waals surface area (Å²) in [7, 11) is 0.0826. The second-order valence-electron chi connectivity index (χ2n) is 7.58. The Hall–Kier alpha value is -1.88. The van der Waals surface area contributed by atoms with Gasteiger partial charge in [-0.1, -0.05) is 0 Å². The summed E-state index contributed by atoms with van der Waals surface area (Å²) in [6, 6.07) is 2.87. The molecule has 10 heteroatoms. The Labute approximate surface area is 176 Å². The maximum absolute atomic E-state index is 13.0. The molecule has 1 amide bonds. The quantitative estimate of drug-likeness (QED) is 0.736. The lowest BCUT2D eigenvalue weighted by molar-refractivity contribution is -0.135. The molecule has 1 saturated heterocycles. The number of aryl methyl sites for hydroxylation is 1. The smallest absolute Gasteiger partial charge is 0.242 e. The number of rotatable bonds is 6. The molecular formula is C19H27N5O3S2. The van der Waals surface area contributed by atoms with Crippen LogP contribution in [-0.2, 0) is 21.4 Å². The number of carbonyl (C=O) groups is 1. The number of aromatic nitrogens is 2. The van der Waals surface area contributed by atoms with Gasteiger partial charge in [0.15, 0.2) is 0 Å². The molecule has 0 unspecified atom stereocenters. The summed E-state index contributed by atoms with van der Waals surface area (Å²) in [4.78, 5) is 25.2. The summed E-state index contributed by atoms with van der Waals surface area (Å²) in [6.07, 6.45) is 4.11. The van der Waals surface area contributed by atoms with Crippen LogP contribution in [0.5, 0.6) is 0 Å². The highest BCUT2D eigenvalue weighted by atomic mass is 32.2. The van der Waals surface area contributed by atoms with Crippen molar-refractivity contribution in [3.8, 4) is 0 Å². The van der Waals surface area contributed by atoms with Gasteiger partial charge in [0.1, 0.15) is 9.90 Å². The van der Waals surface area contributed by atoms with Gasteiger partial charge in [-0.25, -0.2) is 18.1 Å². The van der Waals surface area contributed by atoms with Crippen molar-refractivity contribution < 1.29 is 13.2 Å². The molecule has 1 aliphatic rings. The summed E-state index contributed by atoms with van der Waals surface area (Å²) in [5, 5.41) is 2.90. The van der Waals surface area contributed by atoms with Crippen molar-refractivity contribution in [2.45, 2.75) is 37.2 Å². The highest BCUT2D eigenvalue weighted by molar-refractivity contribution is 7.89. The maximum Gasteiger partial charge on any atom is 0.242 e. The fraction of sp³-hybridized carbons (Fsp3) is 0.526. The first kappa shape index (κ1) is 21.8. The van der Waals surface area contributed by atoms with E-state index in [9.17, 15) is 13.2 Å². The van der Waals surface area contributed by atoms with Gasteiger partial charge in [0.2, 0.25) is 15.9 Å². The van der Waals surface area contributed by atoms with E-state index in [2.05, 4.69) is 14.7 Å². The minimum atomic E-state index is -3.63. The highest BCUT2D eigenvalue weighted by Crippen LogP contribution is 2.21. The minimum Gasteiger partial charge on any atom is -0.339 e. The molecule has 3 rings (SSSR count). The van der Waals surface area contributed by atoms with Crippen LogP contribution in [0.15, 0.2) is 34.8 Å². The van der Waals surface area contributed by atoms with E-state index in [4.69, 9.17) is 0 Å². The lowest BCUT2D eigenvalue weighted by atomic mass is 10.0. The highest BCUT2D eigenvalue weighted by Gasteiger charge is 2.31. The van der Waals surface area contributed by atoms with Gasteiger partial charge in [-0.15, -0.1) is 11.3 Å². The first-order chi connectivity index (χ1) is 13.7. The number of sulfonamides is 1. The molecule has 2 atom stereocenters. The third-order valence-electron chi connectivity index (χ3n) is 4.96. The van der Waals surface area contributed by atoms with Gasteiger partial charge >= 0.3 is 0 Å². The number of amides is 1. The van der Waals surface area contributed by atoms with Crippen molar-refractivity contribution in [3.63, 3.8) is 0 Å². The van der Waals surface area contributed by atoms with Crippen molar-refractivity contribution in [1.29, 1.82) is 0 Å². The largest absolute Gasteiger partial charge is 0.339 e. The normalized spacial score (nSPS) is 20.9. The number of carbonyl (C=O) groups excluding carboxylic acids is 1. The zero-order valence-electron chi connectivity index (χ0n) is 16.9. The predicted octanol–water partition coefficient (Wildman–Crippen LogP) is 1.49. The Morgan fingerprint density at radius 2 is 2.17 bits per heavy atom. The number of thiazole rings is 1. The van der Waals surface area contributed by atoms with Crippen LogP contribution in [0.2, 0.25) is 0 Å². The Morgan fingerprint density at radius 3 is 2.83 bits per heavy atom. The van der Waals surface area contributed by atoms with E-state index in [-0.39, 0.29) is 22.8 Å². The van der Waals surface area contributed by atoms with Crippen LogP contribution in [-0.4, -0.2) is 67.3 Å². The molecule has 1 N–H and O–H groups in total. The predicted molar refractivity (Wildman–Crippen MR) is 112 cm³/mol. The number of nitrogens with zero attached hydrogens (tertiary/aromatic N) is 4. The molecule has 1 aliphatic heterocycles. The molecule has 3 heterocycles. The van der Waals surface area contributed by atoms with Gasteiger partial charge in [-0.05, 0) is 38.9 Å². The number of likely N-dealkylation sites (tertiary alicyclic amines) is 1. The first-order valence-electron chi connectivity index (χ1n) is 9.51. The molecule has 8 nitrogen and oxygen atoms in total. The van der Waals surface area contributed by atoms with Gasteiger partial charge in [0, 0.05) is 49.6 Å². The molecular weight excluding hydrogens is 410 g/mol. The van der Waals surface area contributed by atoms with Crippen LogP contribution in [0, 0.1) is 12.8 Å². The number of pyridine rings is 1. The third kappa shape index (κ3) is 5.81. The fourth-order valence-electron chi connectivity index (χ4n) is 3.57. The zero-order valence-corrected chi connectivity index (χ0v) is 18.5. The number of nitrogens with one attached hydrogen (secondary N) is 1. The third-order valence-corrected chi connectivity index (χ3v) is 7.42. The van der Waals surface area contributed by atoms with Gasteiger partial charge in [0.25, 0.3) is 0 Å². The second kappa shape index (κ2) is 9.29. The number of hydrogen-bond donors (Lipinski definition) is 1. The zero-order chi connectivity index (χ0) is 21.0. The Kier molecular flexibility index (Phi) is 6.99. The molecule has 0 saturated carbocycles. The van der Waals surface area contributed by atoms with E-state index in [0.717, 1.165) is 10.7 Å². The molecule has 0 bridgehead atoms. The molecule has 0 aromatic carbocycles. The first-order valence-corrected chi connectivity index (χ1v) is 11.9. The van der Waals surface area contributed by atoms with E-state index >= 15 is 0 Å². The number of hydrogen-bond acceptors (Lipinski definition) is 7. The Morgan fingerprint density at radius 1 is 1.38 bits per heavy atom. The molecule has 29 heavy (non-hydrogen) atoms. The van der Waals surface area contributed by atoms with Crippen LogP contribution in [0.4, 0.5) is 0 Å². The van der Waals surface area contributed by atoms with Crippen molar-refractivity contribution in [2.75, 3.05) is 27.2 Å². The van der Waals surface area contributed by atoms with E-state index < -0.39 is 10.0 Å². The lowest BCUT2D eigenvalue weighted by Gasteiger charge is -2.24. The molecule has 1 fully saturated rings. The molecule has 0 aliphatic carbocycles. The van der Waals surface area contributed by atoms with Gasteiger partial charge < -0.3 is 9.80 Å². The van der Waals surface area contributed by atoms with Crippen LogP contribution < -0.4 is 4.72 Å². The lowest BCUT2D eigenvalue weighted by Crippen LogP contribution is -2.42. The monoisotopic (exact) mass is 437 g/mol. The molecule has 0 spiro atoms. The second-order valence-corrected chi connectivity index (χ2v) is 10.2. The van der Waals surface area contributed by atoms with Crippen molar-refractivity contribution in [1.82, 2.24) is 24.5 Å². The Balaban J connectivity index is 1.61. The van der Waals surface area contributed by atoms with Crippen molar-refractivity contribution in [3.05, 3.63) is 40.6 Å². The van der Waals surface area contributed by atoms with E-state index in [1.807, 2.05) is 24.3 Å². The molecule has 2 aromatic rings. The van der Waals surface area contributed by atoms with Gasteiger partial charge in [0.05, 0.1) is 12.5 Å². The van der Waals surface area contributed by atoms with E-state index in [1.165, 1.54) is 18.5 Å². The summed E-state index contributed by atoms with van der Waals surface area (Å²) in [6.45, 7) is 3.59. The standard InChI is InChI=1S/C19H27N5O3S2/c1-14-13-28-18(21-14)12-24(3)19(25)15-6-7-16(11-23(2)10-15)22-29(26,27)17-5-4-8-20-9-17/h4-5,8-9,13,15-16,22H,6-7,10-12H2,1-3H3/t15-,16+/m1/s1. The SMILES string of the molecule is Cc1csc(CN(C)C(=O)[C@@H]2CC[C@H](NS(=O)(=O)c3cccnc3)CN(C)C2)n1. The van der Waals surface area contributed by atoms with Crippen LogP contribution in [0.3, 0.4) is 0 Å². The average Bonchev–Trinajstić information content (AvgIpc) is 2.99. The molecule has 0 radical (unpaired) electrons. The van der Waals surface area contributed by atoms with E-state index in [0.29, 0.717) is 32.5 Å². The number of likely N-dealkylation sites (N-methyl/N-ethyl adjacent to an activating group) is 1. The van der Waals surface area contributed by atoms with Crippen molar-refractivity contribution >= 4 is 27.3 Å². The minimum absolute atomic E-state index is 0.0699. The summed E-state index contributed by atoms with van der Waals surface area (Å²) >= 11 is 1.55. The summed E-state index contributed by atoms with van der Waals surface area (Å²) < 4.78 is 28.0. The van der Waals surface area contributed by atoms with Crippen LogP contribution >= 0.6 is 11.3 Å². The fourth-order valence-corrected chi connectivity index (χ4v) is 5.62. The maximum atomic E-state index is 13.0. The van der Waals surface area contributed by atoms with Gasteiger partial charge in [-0.2, -0.15) is 0 Å². The van der Waals surface area contributed by atoms with Gasteiger partial charge in [-0.3, -0.25) is 9.78 Å². The topological polar surface area (TPSA) is 95.5 Å². The Bertz CT molecular complexity index is 932. The van der Waals surface area contributed by atoms with Crippen LogP contribution in [0.25, 0.3) is 0 Å². The van der Waals surface area contributed by atoms with Crippen molar-refractivity contribution in [2.24, 2.45) is 5.92 Å². The van der Waals surface area contributed by atoms with Crippen LogP contribution in [0.1, 0.15) is 23.5 Å². The average molecular weight is 438 g/mol. The molecule has 158 valence electrons. The molecule has 2 aromatic heterocycles. The summed E-state index contributed by atoms with van der Waals surface area (Å²) in [5.41, 5.74) is 0.962. The summed E-state index contributed by atoms with van der Waals surface area (Å²) in [5.74, 6) is -0.0978. The van der Waals surface area contributed by atoms with E-state index in [1.54, 1.807) is 29.4 Å².